The van der Waals surface area contributed by atoms with Crippen molar-refractivity contribution >= 4 is 0 Å². The molecule has 1 aromatic heterocycles. The summed E-state index contributed by atoms with van der Waals surface area (Å²) in [7, 11) is 0. The van der Waals surface area contributed by atoms with Gasteiger partial charge in [-0.2, -0.15) is 0 Å². The molecule has 0 unspecified atom stereocenters. The van der Waals surface area contributed by atoms with Crippen molar-refractivity contribution in [2.24, 2.45) is 0 Å². The maximum atomic E-state index is 11.4. The number of benzene rings is 2. The number of aromatic nitrogens is 1. The molecule has 0 atom stereocenters. The molecule has 3 aromatic rings. The molecule has 2 heteroatoms. The zero-order valence-corrected chi connectivity index (χ0v) is 12.5. The Labute approximate surface area is 135 Å². The largest absolute Gasteiger partial charge is 0.369 e. The molecule has 2 aromatic carbocycles. The van der Waals surface area contributed by atoms with Crippen molar-refractivity contribution in [3.05, 3.63) is 101 Å². The van der Waals surface area contributed by atoms with Crippen LogP contribution in [0.1, 0.15) is 27.9 Å². The van der Waals surface area contributed by atoms with Crippen molar-refractivity contribution in [2.75, 3.05) is 0 Å². The van der Waals surface area contributed by atoms with Crippen LogP contribution in [0.15, 0.2) is 72.9 Å². The topological polar surface area (TPSA) is 33.1 Å². The molecule has 0 aliphatic heterocycles. The highest BCUT2D eigenvalue weighted by molar-refractivity contribution is 5.57. The highest BCUT2D eigenvalue weighted by atomic mass is 16.3. The van der Waals surface area contributed by atoms with E-state index in [1.165, 1.54) is 0 Å². The van der Waals surface area contributed by atoms with Crippen molar-refractivity contribution in [3.63, 3.8) is 0 Å². The van der Waals surface area contributed by atoms with Gasteiger partial charge < -0.3 is 5.11 Å². The maximum Gasteiger partial charge on any atom is 0.177 e. The Kier molecular flexibility index (Phi) is 3.22. The summed E-state index contributed by atoms with van der Waals surface area (Å²) in [5, 5.41) is 11.4. The summed E-state index contributed by atoms with van der Waals surface area (Å²) < 4.78 is 0. The Hall–Kier alpha value is -2.89. The Morgan fingerprint density at radius 1 is 0.826 bits per heavy atom. The van der Waals surface area contributed by atoms with Crippen molar-refractivity contribution in [3.8, 4) is 11.8 Å². The Bertz CT molecular complexity index is 874. The van der Waals surface area contributed by atoms with Gasteiger partial charge in [-0.15, -0.1) is 0 Å². The lowest BCUT2D eigenvalue weighted by Gasteiger charge is -2.32. The molecule has 1 N–H and O–H groups in total. The Morgan fingerprint density at radius 2 is 1.43 bits per heavy atom. The second-order valence-electron chi connectivity index (χ2n) is 5.67. The third kappa shape index (κ3) is 2.32. The second-order valence-corrected chi connectivity index (χ2v) is 5.67. The Morgan fingerprint density at radius 3 is 2.04 bits per heavy atom. The first kappa shape index (κ1) is 13.8. The minimum absolute atomic E-state index is 0.654. The van der Waals surface area contributed by atoms with Gasteiger partial charge in [-0.05, 0) is 35.6 Å². The third-order valence-electron chi connectivity index (χ3n) is 4.23. The normalized spacial score (nSPS) is 14.1. The van der Waals surface area contributed by atoms with Crippen LogP contribution in [0.5, 0.6) is 0 Å². The molecule has 1 aliphatic carbocycles. The standard InChI is InChI=1S/C21H15NO/c23-21(13-12-18-9-5-6-14-22-18)19-10-3-1-7-16(19)15-17-8-2-4-11-20(17)21/h1-11,14,23H,15H2. The van der Waals surface area contributed by atoms with Gasteiger partial charge in [0.15, 0.2) is 5.60 Å². The van der Waals surface area contributed by atoms with Gasteiger partial charge in [0, 0.05) is 17.3 Å². The van der Waals surface area contributed by atoms with Crippen LogP contribution < -0.4 is 0 Å². The van der Waals surface area contributed by atoms with E-state index in [0.29, 0.717) is 5.69 Å². The van der Waals surface area contributed by atoms with E-state index in [1.807, 2.05) is 54.6 Å². The van der Waals surface area contributed by atoms with Gasteiger partial charge in [0.1, 0.15) is 5.69 Å². The molecule has 2 nitrogen and oxygen atoms in total. The quantitative estimate of drug-likeness (QED) is 0.646. The van der Waals surface area contributed by atoms with E-state index in [1.54, 1.807) is 6.20 Å². The molecule has 0 spiro atoms. The van der Waals surface area contributed by atoms with E-state index in [2.05, 4.69) is 29.0 Å². The molecule has 0 bridgehead atoms. The smallest absolute Gasteiger partial charge is 0.177 e. The highest BCUT2D eigenvalue weighted by Crippen LogP contribution is 2.39. The van der Waals surface area contributed by atoms with Crippen molar-refractivity contribution in [1.29, 1.82) is 0 Å². The molecule has 4 rings (SSSR count). The monoisotopic (exact) mass is 297 g/mol. The van der Waals surface area contributed by atoms with Crippen LogP contribution in [0, 0.1) is 11.8 Å². The fourth-order valence-corrected chi connectivity index (χ4v) is 3.13. The van der Waals surface area contributed by atoms with Crippen molar-refractivity contribution in [2.45, 2.75) is 12.0 Å². The van der Waals surface area contributed by atoms with E-state index in [4.69, 9.17) is 0 Å². The first-order chi connectivity index (χ1) is 11.3. The minimum atomic E-state index is -1.30. The fraction of sp³-hybridized carbons (Fsp3) is 0.0952. The van der Waals surface area contributed by atoms with Gasteiger partial charge in [0.2, 0.25) is 0 Å². The molecule has 0 saturated carbocycles. The van der Waals surface area contributed by atoms with Crippen LogP contribution in [0.3, 0.4) is 0 Å². The lowest BCUT2D eigenvalue weighted by atomic mass is 9.75. The summed E-state index contributed by atoms with van der Waals surface area (Å²) in [6.45, 7) is 0. The van der Waals surface area contributed by atoms with Gasteiger partial charge in [-0.1, -0.05) is 60.5 Å². The number of hydrogen-bond acceptors (Lipinski definition) is 2. The number of nitrogens with zero attached hydrogens (tertiary/aromatic N) is 1. The van der Waals surface area contributed by atoms with Gasteiger partial charge in [-0.25, -0.2) is 4.98 Å². The van der Waals surface area contributed by atoms with Crippen LogP contribution in [-0.4, -0.2) is 10.1 Å². The minimum Gasteiger partial charge on any atom is -0.369 e. The molecule has 0 fully saturated rings. The fourth-order valence-electron chi connectivity index (χ4n) is 3.13. The van der Waals surface area contributed by atoms with Crippen LogP contribution in [0.4, 0.5) is 0 Å². The molecule has 0 radical (unpaired) electrons. The van der Waals surface area contributed by atoms with Crippen molar-refractivity contribution in [1.82, 2.24) is 4.98 Å². The van der Waals surface area contributed by atoms with Gasteiger partial charge in [-0.3, -0.25) is 0 Å². The lowest BCUT2D eigenvalue weighted by molar-refractivity contribution is 0.140. The lowest BCUT2D eigenvalue weighted by Crippen LogP contribution is -2.31. The zero-order valence-electron chi connectivity index (χ0n) is 12.5. The second kappa shape index (κ2) is 5.39. The summed E-state index contributed by atoms with van der Waals surface area (Å²) in [6, 6.07) is 21.5. The summed E-state index contributed by atoms with van der Waals surface area (Å²) in [5.41, 5.74) is 3.31. The highest BCUT2D eigenvalue weighted by Gasteiger charge is 2.37. The molecular formula is C21H15NO. The summed E-state index contributed by atoms with van der Waals surface area (Å²) in [5.74, 6) is 6.10. The van der Waals surface area contributed by atoms with Crippen LogP contribution in [0.25, 0.3) is 0 Å². The molecule has 1 heterocycles. The molecule has 0 saturated heterocycles. The maximum absolute atomic E-state index is 11.4. The van der Waals surface area contributed by atoms with Crippen molar-refractivity contribution < 1.29 is 5.11 Å². The summed E-state index contributed by atoms with van der Waals surface area (Å²) >= 11 is 0. The van der Waals surface area contributed by atoms with Crippen LogP contribution in [-0.2, 0) is 12.0 Å². The average molecular weight is 297 g/mol. The first-order valence-corrected chi connectivity index (χ1v) is 7.61. The van der Waals surface area contributed by atoms with E-state index in [0.717, 1.165) is 28.7 Å². The van der Waals surface area contributed by atoms with Crippen LogP contribution in [0.2, 0.25) is 0 Å². The molecule has 0 amide bonds. The van der Waals surface area contributed by atoms with Gasteiger partial charge >= 0.3 is 0 Å². The van der Waals surface area contributed by atoms with E-state index < -0.39 is 5.60 Å². The van der Waals surface area contributed by atoms with E-state index >= 15 is 0 Å². The SMILES string of the molecule is OC1(C#Cc2ccccn2)c2ccccc2Cc2ccccc21. The molecule has 1 aliphatic rings. The van der Waals surface area contributed by atoms with E-state index in [-0.39, 0.29) is 0 Å². The number of pyridine rings is 1. The predicted octanol–water partition coefficient (Wildman–Crippen LogP) is 3.27. The summed E-state index contributed by atoms with van der Waals surface area (Å²) in [4.78, 5) is 4.22. The first-order valence-electron chi connectivity index (χ1n) is 7.61. The number of fused-ring (bicyclic) bond motifs is 2. The number of rotatable bonds is 0. The van der Waals surface area contributed by atoms with Gasteiger partial charge in [0.25, 0.3) is 0 Å². The van der Waals surface area contributed by atoms with Crippen LogP contribution >= 0.6 is 0 Å². The van der Waals surface area contributed by atoms with Gasteiger partial charge in [0.05, 0.1) is 0 Å². The zero-order chi connectivity index (χ0) is 15.7. The van der Waals surface area contributed by atoms with E-state index in [9.17, 15) is 5.11 Å². The molecular weight excluding hydrogens is 282 g/mol. The Balaban J connectivity index is 1.92. The summed E-state index contributed by atoms with van der Waals surface area (Å²) in [6.07, 6.45) is 2.52. The number of aliphatic hydroxyl groups is 1. The number of hydrogen-bond donors (Lipinski definition) is 1. The molecule has 110 valence electrons. The average Bonchev–Trinajstić information content (AvgIpc) is 2.61. The third-order valence-corrected chi connectivity index (χ3v) is 4.23. The molecule has 23 heavy (non-hydrogen) atoms. The predicted molar refractivity (Wildman–Crippen MR) is 89.8 cm³/mol.